The molecule has 2 aromatic heterocycles. The van der Waals surface area contributed by atoms with Crippen LogP contribution in [0, 0.1) is 11.7 Å². The molecule has 0 bridgehead atoms. The first kappa shape index (κ1) is 89.0. The number of aromatic hydroxyl groups is 1. The molecule has 0 saturated carbocycles. The van der Waals surface area contributed by atoms with Gasteiger partial charge in [0.2, 0.25) is 65.0 Å². The molecule has 4 aromatic carbocycles. The van der Waals surface area contributed by atoms with Crippen LogP contribution >= 0.6 is 23.2 Å². The number of imidazole rings is 1. The van der Waals surface area contributed by atoms with Crippen molar-refractivity contribution in [2.24, 2.45) is 5.92 Å². The summed E-state index contributed by atoms with van der Waals surface area (Å²) in [6.07, 6.45) is -3.43. The Morgan fingerprint density at radius 2 is 1.21 bits per heavy atom. The molecule has 3 saturated heterocycles. The number of carboxylic acids is 1. The number of phenols is 1. The molecule has 624 valence electrons. The highest BCUT2D eigenvalue weighted by molar-refractivity contribution is 7.90. The number of ketones is 1. The van der Waals surface area contributed by atoms with Gasteiger partial charge in [0.15, 0.2) is 17.3 Å². The summed E-state index contributed by atoms with van der Waals surface area (Å²) in [6, 6.07) is 2.55. The molecule has 0 aliphatic carbocycles. The smallest absolute Gasteiger partial charge is 0.326 e. The average Bonchev–Trinajstić information content (AvgIpc) is 0.859. The van der Waals surface area contributed by atoms with E-state index < -0.39 is 227 Å². The molecule has 13 N–H and O–H groups in total. The quantitative estimate of drug-likeness (QED) is 0.0546. The molecular formula is C78H95Cl2FN14O20S. The van der Waals surface area contributed by atoms with Crippen LogP contribution in [0.5, 0.6) is 5.75 Å². The fourth-order valence-electron chi connectivity index (χ4n) is 14.6. The van der Waals surface area contributed by atoms with Gasteiger partial charge >= 0.3 is 5.97 Å². The predicted molar refractivity (Wildman–Crippen MR) is 417 cm³/mol. The number of H-pyrrole nitrogens is 2. The Labute approximate surface area is 676 Å². The first-order valence-electron chi connectivity index (χ1n) is 37.5. The van der Waals surface area contributed by atoms with E-state index in [0.717, 1.165) is 63.8 Å². The summed E-state index contributed by atoms with van der Waals surface area (Å²) < 4.78 is 40.9. The second-order valence-electron chi connectivity index (χ2n) is 29.5. The average molecular weight is 1670 g/mol. The topological polar surface area (TPSA) is 490 Å². The number of likely N-dealkylation sites (tertiary alicyclic amines) is 1. The number of halogens is 3. The summed E-state index contributed by atoms with van der Waals surface area (Å²) >= 11 is 12.7. The standard InChI is InChI=1S/C78H95Cl2FN14O20S/c1-41(97)51-35-65(100)61(34-49-38-82-40-84-49)91(3)73(107)55(30-45-19-24-64(99)52(81)29-45)87-69(103)54(25-28-116(6,114)115)86-70(104)59-13-9-26-94(59)76(110)58(39-96)85-66(101)36-57(75(109)95-27-10-14-60(95)78(112)113)88-71(105)62(31-43-15-20-47(79)21-16-43)92(4)77(111)63(32-44-17-22-48(80)23-18-44)93(5)74(108)56(89-72(106)67(42(2)98)90-68(51)102)33-46-37-83-53-12-8-7-11-50(46)53/h7-8,11-12,15-24,29,37-38,40-42,51,54-63,67,83,96-99H,9-10,13-14,25-28,30-36,39H2,1-6H3,(H,82,84)(H,85,101)(H,86,104)(H,87,103)(H,88,105)(H,89,106)(H,90,102)(H,112,113)/t41-,42-,51+,54+,55+,56+,57+,58+,59+,60+,61+,62+,63+,67+/m1/s1. The number of hydrogen-bond donors (Lipinski definition) is 13. The fourth-order valence-corrected chi connectivity index (χ4v) is 15.5. The number of hydrogen-bond acceptors (Lipinski definition) is 20. The maximum absolute atomic E-state index is 16.0. The summed E-state index contributed by atoms with van der Waals surface area (Å²) in [5, 5.41) is 70.6. The number of aliphatic hydroxyl groups excluding tert-OH is 3. The number of amides is 11. The number of carbonyl (C=O) groups excluding carboxylic acids is 12. The highest BCUT2D eigenvalue weighted by Gasteiger charge is 2.46. The Hall–Kier alpha value is -10.9. The first-order valence-corrected chi connectivity index (χ1v) is 40.3. The number of sulfone groups is 1. The molecule has 5 heterocycles. The van der Waals surface area contributed by atoms with Crippen molar-refractivity contribution in [3.63, 3.8) is 0 Å². The zero-order chi connectivity index (χ0) is 84.7. The highest BCUT2D eigenvalue weighted by Crippen LogP contribution is 2.28. The molecule has 9 rings (SSSR count). The van der Waals surface area contributed by atoms with Crippen LogP contribution in [-0.2, 0) is 104 Å². The third kappa shape index (κ3) is 22.8. The van der Waals surface area contributed by atoms with Crippen molar-refractivity contribution >= 4 is 121 Å². The highest BCUT2D eigenvalue weighted by atomic mass is 35.5. The van der Waals surface area contributed by atoms with Gasteiger partial charge in [0.05, 0.1) is 49.3 Å². The largest absolute Gasteiger partial charge is 0.505 e. The second-order valence-corrected chi connectivity index (χ2v) is 32.7. The number of phenolic OH excluding ortho intramolecular Hbond substituents is 1. The van der Waals surface area contributed by atoms with Crippen molar-refractivity contribution < 1.29 is 101 Å². The van der Waals surface area contributed by atoms with Crippen LogP contribution < -0.4 is 31.9 Å². The van der Waals surface area contributed by atoms with Crippen molar-refractivity contribution in [2.45, 2.75) is 170 Å². The van der Waals surface area contributed by atoms with E-state index in [-0.39, 0.29) is 79.3 Å². The molecule has 6 aromatic rings. The van der Waals surface area contributed by atoms with Crippen molar-refractivity contribution in [1.82, 2.24) is 71.4 Å². The van der Waals surface area contributed by atoms with Gasteiger partial charge in [-0.15, -0.1) is 0 Å². The van der Waals surface area contributed by atoms with Gasteiger partial charge in [0.25, 0.3) is 0 Å². The minimum atomic E-state index is -3.99. The van der Waals surface area contributed by atoms with E-state index in [4.69, 9.17) is 23.2 Å². The third-order valence-electron chi connectivity index (χ3n) is 21.1. The Morgan fingerprint density at radius 3 is 1.81 bits per heavy atom. The molecule has 3 fully saturated rings. The summed E-state index contributed by atoms with van der Waals surface area (Å²) in [7, 11) is -0.395. The Balaban J connectivity index is 1.17. The van der Waals surface area contributed by atoms with Gasteiger partial charge < -0.3 is 91.9 Å². The lowest BCUT2D eigenvalue weighted by Gasteiger charge is -2.37. The number of aromatic nitrogens is 3. The van der Waals surface area contributed by atoms with Gasteiger partial charge in [-0.2, -0.15) is 0 Å². The Bertz CT molecular complexity index is 4730. The Morgan fingerprint density at radius 1 is 0.612 bits per heavy atom. The third-order valence-corrected chi connectivity index (χ3v) is 22.6. The van der Waals surface area contributed by atoms with Crippen LogP contribution in [0.3, 0.4) is 0 Å². The number of benzene rings is 4. The maximum atomic E-state index is 16.0. The van der Waals surface area contributed by atoms with Crippen LogP contribution in [0.1, 0.15) is 86.7 Å². The maximum Gasteiger partial charge on any atom is 0.326 e. The zero-order valence-electron chi connectivity index (χ0n) is 64.4. The van der Waals surface area contributed by atoms with E-state index in [9.17, 15) is 67.5 Å². The van der Waals surface area contributed by atoms with Gasteiger partial charge in [-0.1, -0.05) is 71.7 Å². The molecule has 14 atom stereocenters. The van der Waals surface area contributed by atoms with Crippen LogP contribution in [0.25, 0.3) is 10.9 Å². The number of aliphatic hydroxyl groups is 3. The summed E-state index contributed by atoms with van der Waals surface area (Å²) in [6.45, 7) is 0.685. The predicted octanol–water partition coefficient (Wildman–Crippen LogP) is 0.180. The van der Waals surface area contributed by atoms with E-state index in [2.05, 4.69) is 46.9 Å². The number of nitrogens with one attached hydrogen (secondary N) is 8. The van der Waals surface area contributed by atoms with E-state index in [0.29, 0.717) is 27.6 Å². The molecule has 0 radical (unpaired) electrons. The number of aromatic amines is 2. The summed E-state index contributed by atoms with van der Waals surface area (Å²) in [4.78, 5) is 210. The minimum Gasteiger partial charge on any atom is -0.505 e. The number of Topliss-reactive ketones (excluding diaryl/α,β-unsaturated/α-hetero) is 1. The van der Waals surface area contributed by atoms with E-state index in [1.54, 1.807) is 42.6 Å². The molecule has 11 amide bonds. The van der Waals surface area contributed by atoms with Crippen LogP contribution in [0.15, 0.2) is 110 Å². The molecule has 34 nitrogen and oxygen atoms in total. The number of aliphatic carboxylic acids is 1. The van der Waals surface area contributed by atoms with Crippen molar-refractivity contribution in [3.05, 3.63) is 154 Å². The number of likely N-dealkylation sites (N-methyl/N-ethyl adjacent to an activating group) is 3. The van der Waals surface area contributed by atoms with Gasteiger partial charge in [-0.25, -0.2) is 22.6 Å². The lowest BCUT2D eigenvalue weighted by Crippen LogP contribution is -2.62. The van der Waals surface area contributed by atoms with Gasteiger partial charge in [-0.3, -0.25) is 57.5 Å². The van der Waals surface area contributed by atoms with Crippen molar-refractivity contribution in [1.29, 1.82) is 0 Å². The number of para-hydroxylation sites is 1. The number of fused-ring (bicyclic) bond motifs is 2. The van der Waals surface area contributed by atoms with Gasteiger partial charge in [-0.05, 0) is 111 Å². The number of rotatable bonds is 18. The van der Waals surface area contributed by atoms with E-state index in [1.165, 1.54) is 69.1 Å². The monoisotopic (exact) mass is 1670 g/mol. The molecule has 0 spiro atoms. The van der Waals surface area contributed by atoms with Gasteiger partial charge in [0, 0.05) is 118 Å². The van der Waals surface area contributed by atoms with Crippen molar-refractivity contribution in [2.75, 3.05) is 52.8 Å². The molecular weight excluding hydrogens is 1570 g/mol. The number of nitrogens with zero attached hydrogens (tertiary/aromatic N) is 6. The zero-order valence-corrected chi connectivity index (χ0v) is 66.7. The molecule has 0 unspecified atom stereocenters. The molecule has 3 aliphatic heterocycles. The SMILES string of the molecule is C[C@@H](O)[C@@H]1CC(=O)[C@H](Cc2cnc[nH]2)N(C)C(=O)[C@H](Cc2ccc(O)c(F)c2)NC(=O)[C@H](CCS(C)(=O)=O)NC(=O)[C@@H]2CCCN2C(=O)[C@H](CO)NC(=O)C[C@@H](C(=O)N2CCC[C@H]2C(=O)O)NC(=O)[C@H](Cc2ccc(Cl)cc2)N(C)C(=O)[C@H](Cc2ccc(Cl)cc2)N(C)C(=O)[C@H](Cc2c[nH]c3ccccc23)NC(=O)[C@H]([C@@H](C)O)NC1=O. The van der Waals surface area contributed by atoms with E-state index >= 15 is 33.2 Å². The fraction of sp³-hybridized carbons (Fsp3) is 0.462. The molecule has 116 heavy (non-hydrogen) atoms. The summed E-state index contributed by atoms with van der Waals surface area (Å²) in [5.41, 5.74) is 1.96. The number of carbonyl (C=O) groups is 13. The van der Waals surface area contributed by atoms with Crippen LogP contribution in [-0.4, -0.2) is 282 Å². The summed E-state index contributed by atoms with van der Waals surface area (Å²) in [5.74, 6) is -19.3. The first-order chi connectivity index (χ1) is 54.9. The van der Waals surface area contributed by atoms with Crippen LogP contribution in [0.4, 0.5) is 4.39 Å². The van der Waals surface area contributed by atoms with Crippen LogP contribution in [0.2, 0.25) is 10.0 Å². The molecule has 38 heteroatoms. The normalized spacial score (nSPS) is 24.9. The second kappa shape index (κ2) is 39.6. The Kier molecular flexibility index (Phi) is 30.4. The molecule has 3 aliphatic rings. The minimum absolute atomic E-state index is 0.0472. The number of carboxylic acid groups (broad SMARTS) is 1. The van der Waals surface area contributed by atoms with Gasteiger partial charge in [0.1, 0.15) is 70.3 Å². The van der Waals surface area contributed by atoms with Crippen molar-refractivity contribution in [3.8, 4) is 5.75 Å². The van der Waals surface area contributed by atoms with E-state index in [1.807, 2.05) is 0 Å². The lowest BCUT2D eigenvalue weighted by atomic mass is 9.90. The lowest BCUT2D eigenvalue weighted by molar-refractivity contribution is -0.151.